The van der Waals surface area contributed by atoms with Crippen LogP contribution in [0.3, 0.4) is 0 Å². The van der Waals surface area contributed by atoms with Crippen LogP contribution in [0.2, 0.25) is 0 Å². The summed E-state index contributed by atoms with van der Waals surface area (Å²) in [5, 5.41) is 2.98. The highest BCUT2D eigenvalue weighted by atomic mass is 32.2. The average molecular weight is 318 g/mol. The molecule has 1 aliphatic rings. The highest BCUT2D eigenvalue weighted by Gasteiger charge is 2.35. The molecule has 0 radical (unpaired) electrons. The Morgan fingerprint density at radius 3 is 2.91 bits per heavy atom. The maximum absolute atomic E-state index is 13.2. The molecular weight excluding hydrogens is 307 g/mol. The SMILES string of the molecule is O=S1(=O)C[C@H](Nc2nc3cc(F)ccc3o2)c2ccccc21. The van der Waals surface area contributed by atoms with Crippen LogP contribution in [-0.4, -0.2) is 19.2 Å². The number of nitrogens with zero attached hydrogens (tertiary/aromatic N) is 1. The maximum atomic E-state index is 13.2. The second-order valence-corrected chi connectivity index (χ2v) is 7.15. The molecule has 0 unspecified atom stereocenters. The Bertz CT molecular complexity index is 981. The molecule has 0 fully saturated rings. The molecule has 1 aliphatic heterocycles. The van der Waals surface area contributed by atoms with Crippen LogP contribution < -0.4 is 5.32 Å². The van der Waals surface area contributed by atoms with Crippen molar-refractivity contribution in [1.82, 2.24) is 4.98 Å². The van der Waals surface area contributed by atoms with Crippen molar-refractivity contribution in [3.63, 3.8) is 0 Å². The van der Waals surface area contributed by atoms with Crippen LogP contribution >= 0.6 is 0 Å². The van der Waals surface area contributed by atoms with E-state index in [4.69, 9.17) is 4.42 Å². The van der Waals surface area contributed by atoms with Crippen molar-refractivity contribution in [3.05, 3.63) is 53.8 Å². The van der Waals surface area contributed by atoms with Gasteiger partial charge in [0.25, 0.3) is 6.01 Å². The van der Waals surface area contributed by atoms with Crippen molar-refractivity contribution >= 4 is 27.0 Å². The Balaban J connectivity index is 1.71. The highest BCUT2D eigenvalue weighted by Crippen LogP contribution is 2.35. The first kappa shape index (κ1) is 13.3. The van der Waals surface area contributed by atoms with Crippen LogP contribution in [0, 0.1) is 5.82 Å². The van der Waals surface area contributed by atoms with Gasteiger partial charge in [-0.25, -0.2) is 12.8 Å². The maximum Gasteiger partial charge on any atom is 0.296 e. The van der Waals surface area contributed by atoms with E-state index >= 15 is 0 Å². The van der Waals surface area contributed by atoms with Gasteiger partial charge in [0.15, 0.2) is 15.4 Å². The summed E-state index contributed by atoms with van der Waals surface area (Å²) in [6.07, 6.45) is 0. The lowest BCUT2D eigenvalue weighted by Crippen LogP contribution is -2.13. The Kier molecular flexibility index (Phi) is 2.74. The van der Waals surface area contributed by atoms with Gasteiger partial charge in [0, 0.05) is 6.07 Å². The molecule has 0 amide bonds. The van der Waals surface area contributed by atoms with Crippen LogP contribution in [0.15, 0.2) is 51.8 Å². The van der Waals surface area contributed by atoms with Gasteiger partial charge in [0.05, 0.1) is 16.7 Å². The number of fused-ring (bicyclic) bond motifs is 2. The molecule has 0 bridgehead atoms. The lowest BCUT2D eigenvalue weighted by Gasteiger charge is -2.09. The number of aromatic nitrogens is 1. The number of rotatable bonds is 2. The molecule has 1 aromatic heterocycles. The van der Waals surface area contributed by atoms with Gasteiger partial charge < -0.3 is 9.73 Å². The molecule has 112 valence electrons. The third-order valence-corrected chi connectivity index (χ3v) is 5.48. The molecule has 5 nitrogen and oxygen atoms in total. The van der Waals surface area contributed by atoms with E-state index in [2.05, 4.69) is 10.3 Å². The summed E-state index contributed by atoms with van der Waals surface area (Å²) >= 11 is 0. The molecule has 22 heavy (non-hydrogen) atoms. The van der Waals surface area contributed by atoms with Crippen molar-refractivity contribution in [2.75, 3.05) is 11.1 Å². The summed E-state index contributed by atoms with van der Waals surface area (Å²) in [4.78, 5) is 4.47. The van der Waals surface area contributed by atoms with Gasteiger partial charge >= 0.3 is 0 Å². The fraction of sp³-hybridized carbons (Fsp3) is 0.133. The molecule has 0 saturated heterocycles. The summed E-state index contributed by atoms with van der Waals surface area (Å²) in [5.74, 6) is -0.458. The number of anilines is 1. The third-order valence-electron chi connectivity index (χ3n) is 3.66. The van der Waals surface area contributed by atoms with E-state index in [1.807, 2.05) is 0 Å². The Morgan fingerprint density at radius 2 is 2.05 bits per heavy atom. The van der Waals surface area contributed by atoms with Crippen LogP contribution in [0.25, 0.3) is 11.1 Å². The van der Waals surface area contributed by atoms with E-state index in [0.29, 0.717) is 21.6 Å². The summed E-state index contributed by atoms with van der Waals surface area (Å²) < 4.78 is 42.9. The zero-order valence-corrected chi connectivity index (χ0v) is 12.1. The van der Waals surface area contributed by atoms with E-state index in [0.717, 1.165) is 0 Å². The lowest BCUT2D eigenvalue weighted by atomic mass is 10.1. The van der Waals surface area contributed by atoms with Gasteiger partial charge in [-0.05, 0) is 23.8 Å². The van der Waals surface area contributed by atoms with E-state index in [1.165, 1.54) is 18.2 Å². The van der Waals surface area contributed by atoms with E-state index in [-0.39, 0.29) is 11.8 Å². The van der Waals surface area contributed by atoms with Crippen LogP contribution in [0.4, 0.5) is 10.4 Å². The number of benzene rings is 2. The van der Waals surface area contributed by atoms with Gasteiger partial charge in [-0.2, -0.15) is 4.98 Å². The molecule has 7 heteroatoms. The van der Waals surface area contributed by atoms with Crippen molar-refractivity contribution in [3.8, 4) is 0 Å². The van der Waals surface area contributed by atoms with E-state index < -0.39 is 21.7 Å². The first-order valence-corrected chi connectivity index (χ1v) is 8.32. The fourth-order valence-corrected chi connectivity index (χ4v) is 4.42. The van der Waals surface area contributed by atoms with Gasteiger partial charge in [-0.3, -0.25) is 0 Å². The molecule has 3 aromatic rings. The number of nitrogens with one attached hydrogen (secondary N) is 1. The first-order valence-electron chi connectivity index (χ1n) is 6.67. The number of halogens is 1. The molecule has 0 aliphatic carbocycles. The van der Waals surface area contributed by atoms with E-state index in [1.54, 1.807) is 24.3 Å². The molecular formula is C15H11FN2O3S. The molecule has 4 rings (SSSR count). The summed E-state index contributed by atoms with van der Waals surface area (Å²) in [5.41, 5.74) is 1.52. The summed E-state index contributed by atoms with van der Waals surface area (Å²) in [6.45, 7) is 0. The predicted octanol–water partition coefficient (Wildman–Crippen LogP) is 2.91. The third kappa shape index (κ3) is 2.05. The molecule has 0 spiro atoms. The van der Waals surface area contributed by atoms with Crippen molar-refractivity contribution < 1.29 is 17.2 Å². The minimum absolute atomic E-state index is 0.0561. The smallest absolute Gasteiger partial charge is 0.296 e. The van der Waals surface area contributed by atoms with Crippen molar-refractivity contribution in [2.45, 2.75) is 10.9 Å². The zero-order valence-electron chi connectivity index (χ0n) is 11.3. The second-order valence-electron chi connectivity index (χ2n) is 5.15. The highest BCUT2D eigenvalue weighted by molar-refractivity contribution is 7.91. The number of sulfone groups is 1. The van der Waals surface area contributed by atoms with Gasteiger partial charge in [0.2, 0.25) is 0 Å². The Hall–Kier alpha value is -2.41. The van der Waals surface area contributed by atoms with Crippen LogP contribution in [-0.2, 0) is 9.84 Å². The van der Waals surface area contributed by atoms with Crippen molar-refractivity contribution in [2.24, 2.45) is 0 Å². The first-order chi connectivity index (χ1) is 10.5. The molecule has 1 atom stereocenters. The predicted molar refractivity (Wildman–Crippen MR) is 78.8 cm³/mol. The molecule has 2 aromatic carbocycles. The topological polar surface area (TPSA) is 72.2 Å². The summed E-state index contributed by atoms with van der Waals surface area (Å²) in [6, 6.07) is 10.6. The zero-order chi connectivity index (χ0) is 15.3. The summed E-state index contributed by atoms with van der Waals surface area (Å²) in [7, 11) is -3.30. The van der Waals surface area contributed by atoms with Crippen LogP contribution in [0.5, 0.6) is 0 Å². The fourth-order valence-electron chi connectivity index (χ4n) is 2.68. The molecule has 2 heterocycles. The van der Waals surface area contributed by atoms with Crippen molar-refractivity contribution in [1.29, 1.82) is 0 Å². The average Bonchev–Trinajstić information content (AvgIpc) is 2.98. The number of hydrogen-bond donors (Lipinski definition) is 1. The molecule has 0 saturated carbocycles. The second kappa shape index (κ2) is 4.54. The standard InChI is InChI=1S/C15H11FN2O3S/c16-9-5-6-13-11(7-9)17-15(21-13)18-12-8-22(19,20)14-4-2-1-3-10(12)14/h1-7,12H,8H2,(H,17,18)/t12-/m0/s1. The quantitative estimate of drug-likeness (QED) is 0.786. The Morgan fingerprint density at radius 1 is 1.23 bits per heavy atom. The van der Waals surface area contributed by atoms with Gasteiger partial charge in [-0.15, -0.1) is 0 Å². The number of oxazole rings is 1. The minimum atomic E-state index is -3.30. The van der Waals surface area contributed by atoms with Gasteiger partial charge in [0.1, 0.15) is 11.3 Å². The largest absolute Gasteiger partial charge is 0.424 e. The van der Waals surface area contributed by atoms with E-state index in [9.17, 15) is 12.8 Å². The van der Waals surface area contributed by atoms with Gasteiger partial charge in [-0.1, -0.05) is 18.2 Å². The molecule has 1 N–H and O–H groups in total. The monoisotopic (exact) mass is 318 g/mol. The lowest BCUT2D eigenvalue weighted by molar-refractivity contribution is 0.593. The normalized spacial score (nSPS) is 19.2. The Labute approximate surface area is 125 Å². The number of hydrogen-bond acceptors (Lipinski definition) is 5. The van der Waals surface area contributed by atoms with Crippen LogP contribution in [0.1, 0.15) is 11.6 Å². The minimum Gasteiger partial charge on any atom is -0.424 e.